The van der Waals surface area contributed by atoms with E-state index >= 15 is 0 Å². The van der Waals surface area contributed by atoms with Crippen LogP contribution in [0.4, 0.5) is 32.0 Å². The van der Waals surface area contributed by atoms with Gasteiger partial charge in [-0.25, -0.2) is 0 Å². The number of alkyl halides is 6. The van der Waals surface area contributed by atoms with E-state index in [0.29, 0.717) is 12.3 Å². The van der Waals surface area contributed by atoms with Gasteiger partial charge in [0.05, 0.1) is 23.4 Å². The second-order valence-corrected chi connectivity index (χ2v) is 3.05. The minimum Gasteiger partial charge on any atom is -0.397 e. The number of hydrogen-bond donors (Lipinski definition) is 1. The highest BCUT2D eigenvalue weighted by atomic mass is 19.4. The van der Waals surface area contributed by atoms with Crippen molar-refractivity contribution in [2.24, 2.45) is 0 Å². The second-order valence-electron chi connectivity index (χ2n) is 3.05. The molecule has 0 aliphatic rings. The Labute approximate surface area is 86.1 Å². The van der Waals surface area contributed by atoms with Crippen molar-refractivity contribution in [1.82, 2.24) is 4.98 Å². The molecule has 16 heavy (non-hydrogen) atoms. The summed E-state index contributed by atoms with van der Waals surface area (Å²) >= 11 is 0. The number of nitrogens with zero attached hydrogens (tertiary/aromatic N) is 1. The summed E-state index contributed by atoms with van der Waals surface area (Å²) in [4.78, 5) is 3.07. The summed E-state index contributed by atoms with van der Waals surface area (Å²) < 4.78 is 72.2. The number of hydrogen-bond acceptors (Lipinski definition) is 2. The van der Waals surface area contributed by atoms with Crippen molar-refractivity contribution in [3.05, 3.63) is 23.5 Å². The van der Waals surface area contributed by atoms with Crippen molar-refractivity contribution in [3.63, 3.8) is 0 Å². The normalized spacial score (nSPS) is 12.9. The summed E-state index contributed by atoms with van der Waals surface area (Å²) in [6, 6.07) is 0.439. The quantitative estimate of drug-likeness (QED) is 0.771. The van der Waals surface area contributed by atoms with Crippen molar-refractivity contribution < 1.29 is 26.3 Å². The van der Waals surface area contributed by atoms with Crippen LogP contribution < -0.4 is 5.73 Å². The van der Waals surface area contributed by atoms with Gasteiger partial charge in [0.2, 0.25) is 0 Å². The number of nitrogens with two attached hydrogens (primary N) is 1. The number of rotatable bonds is 1. The molecule has 0 unspecified atom stereocenters. The van der Waals surface area contributed by atoms with Crippen molar-refractivity contribution in [2.75, 3.05) is 5.73 Å². The zero-order valence-corrected chi connectivity index (χ0v) is 7.65. The highest BCUT2D eigenvalue weighted by Crippen LogP contribution is 2.31. The maximum absolute atomic E-state index is 12.1. The number of halogens is 6. The van der Waals surface area contributed by atoms with Crippen LogP contribution in [0.2, 0.25) is 0 Å². The van der Waals surface area contributed by atoms with Gasteiger partial charge in [0.15, 0.2) is 0 Å². The van der Waals surface area contributed by atoms with Crippen LogP contribution in [0, 0.1) is 0 Å². The lowest BCUT2D eigenvalue weighted by Gasteiger charge is -2.11. The van der Waals surface area contributed by atoms with Crippen molar-refractivity contribution in [3.8, 4) is 0 Å². The van der Waals surface area contributed by atoms with E-state index in [9.17, 15) is 26.3 Å². The molecule has 0 saturated carbocycles. The molecular weight excluding hydrogens is 238 g/mol. The number of pyridine rings is 1. The van der Waals surface area contributed by atoms with E-state index < -0.39 is 35.7 Å². The smallest absolute Gasteiger partial charge is 0.397 e. The lowest BCUT2D eigenvalue weighted by atomic mass is 10.2. The third kappa shape index (κ3) is 3.28. The minimum absolute atomic E-state index is 0.331. The minimum atomic E-state index is -4.67. The SMILES string of the molecule is Nc1cc(C(F)(F)F)cnc1CC(F)(F)F. The van der Waals surface area contributed by atoms with Crippen LogP contribution >= 0.6 is 0 Å². The zero-order chi connectivity index (χ0) is 12.6. The van der Waals surface area contributed by atoms with Crippen LogP contribution in [0.15, 0.2) is 12.3 Å². The maximum atomic E-state index is 12.1. The van der Waals surface area contributed by atoms with E-state index in [1.165, 1.54) is 0 Å². The highest BCUT2D eigenvalue weighted by molar-refractivity contribution is 5.45. The topological polar surface area (TPSA) is 38.9 Å². The van der Waals surface area contributed by atoms with Crippen LogP contribution in [0.3, 0.4) is 0 Å². The molecule has 8 heteroatoms. The number of nitrogen functional groups attached to an aromatic ring is 1. The fraction of sp³-hybridized carbons (Fsp3) is 0.375. The van der Waals surface area contributed by atoms with Gasteiger partial charge in [-0.05, 0) is 6.07 Å². The Hall–Kier alpha value is -1.47. The third-order valence-electron chi connectivity index (χ3n) is 1.70. The average molecular weight is 244 g/mol. The third-order valence-corrected chi connectivity index (χ3v) is 1.70. The van der Waals surface area contributed by atoms with Crippen molar-refractivity contribution in [1.29, 1.82) is 0 Å². The molecule has 0 spiro atoms. The standard InChI is InChI=1S/C8H6F6N2/c9-7(10,11)2-6-5(15)1-4(3-16-6)8(12,13)14/h1,3H,2,15H2. The van der Waals surface area contributed by atoms with E-state index in [2.05, 4.69) is 4.98 Å². The number of anilines is 1. The molecule has 0 fully saturated rings. The van der Waals surface area contributed by atoms with Gasteiger partial charge in [-0.1, -0.05) is 0 Å². The summed E-state index contributed by atoms with van der Waals surface area (Å²) in [6.07, 6.45) is -10.3. The maximum Gasteiger partial charge on any atom is 0.417 e. The largest absolute Gasteiger partial charge is 0.417 e. The molecule has 0 saturated heterocycles. The Kier molecular flexibility index (Phi) is 3.02. The molecule has 1 rings (SSSR count). The molecule has 1 aromatic heterocycles. The van der Waals surface area contributed by atoms with E-state index in [1.54, 1.807) is 0 Å². The Balaban J connectivity index is 3.01. The van der Waals surface area contributed by atoms with Crippen molar-refractivity contribution >= 4 is 5.69 Å². The molecule has 1 heterocycles. The van der Waals surface area contributed by atoms with Gasteiger partial charge in [0.25, 0.3) is 0 Å². The van der Waals surface area contributed by atoms with Gasteiger partial charge in [-0.3, -0.25) is 4.98 Å². The first-order valence-corrected chi connectivity index (χ1v) is 3.98. The van der Waals surface area contributed by atoms with Crippen molar-refractivity contribution in [2.45, 2.75) is 18.8 Å². The van der Waals surface area contributed by atoms with E-state index in [0.717, 1.165) is 0 Å². The fourth-order valence-electron chi connectivity index (χ4n) is 1.00. The fourth-order valence-corrected chi connectivity index (χ4v) is 1.00. The Morgan fingerprint density at radius 1 is 1.12 bits per heavy atom. The summed E-state index contributed by atoms with van der Waals surface area (Å²) in [5.74, 6) is 0. The molecule has 2 N–H and O–H groups in total. The first kappa shape index (κ1) is 12.6. The molecule has 0 radical (unpaired) electrons. The molecular formula is C8H6F6N2. The van der Waals surface area contributed by atoms with Crippen LogP contribution in [0.1, 0.15) is 11.3 Å². The Bertz CT molecular complexity index is 381. The highest BCUT2D eigenvalue weighted by Gasteiger charge is 2.33. The summed E-state index contributed by atoms with van der Waals surface area (Å²) in [6.45, 7) is 0. The molecule has 0 bridgehead atoms. The van der Waals surface area contributed by atoms with Gasteiger partial charge in [-0.15, -0.1) is 0 Å². The van der Waals surface area contributed by atoms with Crippen LogP contribution in [-0.4, -0.2) is 11.2 Å². The lowest BCUT2D eigenvalue weighted by Crippen LogP contribution is -2.16. The first-order valence-electron chi connectivity index (χ1n) is 3.98. The van der Waals surface area contributed by atoms with Crippen LogP contribution in [0.25, 0.3) is 0 Å². The molecule has 0 aliphatic carbocycles. The van der Waals surface area contributed by atoms with E-state index in [-0.39, 0.29) is 0 Å². The lowest BCUT2D eigenvalue weighted by molar-refractivity contribution is -0.137. The number of aromatic nitrogens is 1. The van der Waals surface area contributed by atoms with Gasteiger partial charge in [-0.2, -0.15) is 26.3 Å². The molecule has 0 aliphatic heterocycles. The zero-order valence-electron chi connectivity index (χ0n) is 7.65. The van der Waals surface area contributed by atoms with Crippen LogP contribution in [0.5, 0.6) is 0 Å². The average Bonchev–Trinajstić information content (AvgIpc) is 2.04. The second kappa shape index (κ2) is 3.84. The van der Waals surface area contributed by atoms with Gasteiger partial charge < -0.3 is 5.73 Å². The van der Waals surface area contributed by atoms with Gasteiger partial charge in [0, 0.05) is 6.20 Å². The van der Waals surface area contributed by atoms with Gasteiger partial charge >= 0.3 is 12.4 Å². The van der Waals surface area contributed by atoms with E-state index in [1.807, 2.05) is 0 Å². The predicted molar refractivity (Wildman–Crippen MR) is 43.4 cm³/mol. The molecule has 0 amide bonds. The summed E-state index contributed by atoms with van der Waals surface area (Å²) in [5, 5.41) is 0. The molecule has 0 atom stereocenters. The van der Waals surface area contributed by atoms with Crippen LogP contribution in [-0.2, 0) is 12.6 Å². The first-order chi connectivity index (χ1) is 7.09. The molecule has 0 aromatic carbocycles. The predicted octanol–water partition coefficient (Wildman–Crippen LogP) is 2.79. The Morgan fingerprint density at radius 3 is 2.06 bits per heavy atom. The summed E-state index contributed by atoms with van der Waals surface area (Å²) in [7, 11) is 0. The molecule has 90 valence electrons. The van der Waals surface area contributed by atoms with Gasteiger partial charge in [0.1, 0.15) is 0 Å². The van der Waals surface area contributed by atoms with E-state index in [4.69, 9.17) is 5.73 Å². The summed E-state index contributed by atoms with van der Waals surface area (Å²) in [5.41, 5.74) is 2.66. The molecule has 1 aromatic rings. The molecule has 2 nitrogen and oxygen atoms in total. The monoisotopic (exact) mass is 244 g/mol. The Morgan fingerprint density at radius 2 is 1.69 bits per heavy atom.